The van der Waals surface area contributed by atoms with Crippen LogP contribution in [0.15, 0.2) is 59.8 Å². The van der Waals surface area contributed by atoms with Crippen LogP contribution >= 0.6 is 0 Å². The molecule has 0 aliphatic carbocycles. The molecule has 0 fully saturated rings. The highest BCUT2D eigenvalue weighted by Crippen LogP contribution is 2.11. The van der Waals surface area contributed by atoms with Gasteiger partial charge in [-0.3, -0.25) is 19.1 Å². The Labute approximate surface area is 190 Å². The van der Waals surface area contributed by atoms with Gasteiger partial charge in [-0.1, -0.05) is 12.1 Å². The molecule has 166 valence electrons. The fourth-order valence-corrected chi connectivity index (χ4v) is 3.44. The van der Waals surface area contributed by atoms with Crippen LogP contribution in [-0.2, 0) is 24.3 Å². The average molecular weight is 441 g/mol. The smallest absolute Gasteiger partial charge is 0.293 e. The van der Waals surface area contributed by atoms with Crippen LogP contribution in [0.1, 0.15) is 22.5 Å². The van der Waals surface area contributed by atoms with Gasteiger partial charge in [0, 0.05) is 30.0 Å². The number of anilines is 1. The van der Waals surface area contributed by atoms with E-state index in [1.165, 1.54) is 4.57 Å². The monoisotopic (exact) mass is 441 g/mol. The maximum atomic E-state index is 12.8. The van der Waals surface area contributed by atoms with Crippen molar-refractivity contribution in [2.75, 3.05) is 11.9 Å². The Balaban J connectivity index is 1.35. The van der Waals surface area contributed by atoms with E-state index in [-0.39, 0.29) is 30.4 Å². The fourth-order valence-electron chi connectivity index (χ4n) is 3.44. The number of carbonyl (C=O) groups excluding carboxylic acids is 1. The minimum absolute atomic E-state index is 0.107. The Bertz CT molecular complexity index is 1380. The maximum Gasteiger partial charge on any atom is 0.293 e. The molecule has 4 aromatic rings. The molecule has 4 rings (SSSR count). The second-order valence-electron chi connectivity index (χ2n) is 7.64. The molecule has 0 spiro atoms. The lowest BCUT2D eigenvalue weighted by atomic mass is 10.1. The fraction of sp³-hybridized carbons (Fsp3) is 0.208. The number of hydrogen-bond donors (Lipinski definition) is 3. The molecule has 0 saturated heterocycles. The molecule has 33 heavy (non-hydrogen) atoms. The normalized spacial score (nSPS) is 10.7. The van der Waals surface area contributed by atoms with E-state index >= 15 is 0 Å². The van der Waals surface area contributed by atoms with Crippen molar-refractivity contribution in [3.8, 4) is 6.07 Å². The summed E-state index contributed by atoms with van der Waals surface area (Å²) in [5.74, 6) is -0.0903. The van der Waals surface area contributed by atoms with E-state index in [1.54, 1.807) is 31.5 Å². The van der Waals surface area contributed by atoms with Crippen molar-refractivity contribution in [2.45, 2.75) is 26.4 Å². The van der Waals surface area contributed by atoms with E-state index in [1.807, 2.05) is 30.5 Å². The Hall–Kier alpha value is -4.45. The van der Waals surface area contributed by atoms with Gasteiger partial charge in [0.2, 0.25) is 5.91 Å². The van der Waals surface area contributed by atoms with Crippen molar-refractivity contribution in [1.82, 2.24) is 24.8 Å². The van der Waals surface area contributed by atoms with Gasteiger partial charge in [-0.2, -0.15) is 5.26 Å². The minimum Gasteiger partial charge on any atom is -0.365 e. The Kier molecular flexibility index (Phi) is 6.45. The summed E-state index contributed by atoms with van der Waals surface area (Å²) in [5, 5.41) is 15.8. The second-order valence-corrected chi connectivity index (χ2v) is 7.64. The Morgan fingerprint density at radius 1 is 1.18 bits per heavy atom. The number of nitrogens with zero attached hydrogens (tertiary/aromatic N) is 4. The predicted octanol–water partition coefficient (Wildman–Crippen LogP) is 2.27. The van der Waals surface area contributed by atoms with Crippen LogP contribution in [0.4, 0.5) is 5.82 Å². The molecule has 3 aromatic heterocycles. The summed E-state index contributed by atoms with van der Waals surface area (Å²) in [6.07, 6.45) is 5.80. The number of nitriles is 1. The van der Waals surface area contributed by atoms with Gasteiger partial charge in [0.15, 0.2) is 5.82 Å². The number of nitrogens with one attached hydrogen (secondary N) is 3. The van der Waals surface area contributed by atoms with Crippen LogP contribution < -0.4 is 16.2 Å². The van der Waals surface area contributed by atoms with E-state index in [0.717, 1.165) is 22.2 Å². The van der Waals surface area contributed by atoms with E-state index < -0.39 is 0 Å². The Morgan fingerprint density at radius 2 is 2.00 bits per heavy atom. The largest absolute Gasteiger partial charge is 0.365 e. The van der Waals surface area contributed by atoms with Gasteiger partial charge in [0.05, 0.1) is 35.6 Å². The van der Waals surface area contributed by atoms with Gasteiger partial charge >= 0.3 is 0 Å². The number of aromatic amines is 1. The molecule has 1 aromatic carbocycles. The first-order valence-electron chi connectivity index (χ1n) is 10.5. The number of benzene rings is 1. The molecule has 1 amide bonds. The highest BCUT2D eigenvalue weighted by molar-refractivity contribution is 5.79. The first-order valence-corrected chi connectivity index (χ1v) is 10.5. The lowest BCUT2D eigenvalue weighted by Gasteiger charge is -2.12. The SMILES string of the molecule is Cc1cnc(NCCc2ccc(C#N)cc2)c(=O)n1CC(=O)NCc1cc2cc[nH]c2cn1. The van der Waals surface area contributed by atoms with Gasteiger partial charge in [0.25, 0.3) is 5.56 Å². The van der Waals surface area contributed by atoms with Crippen molar-refractivity contribution >= 4 is 22.6 Å². The van der Waals surface area contributed by atoms with Crippen molar-refractivity contribution < 1.29 is 4.79 Å². The van der Waals surface area contributed by atoms with E-state index in [4.69, 9.17) is 5.26 Å². The number of amides is 1. The summed E-state index contributed by atoms with van der Waals surface area (Å²) in [5.41, 5.74) is 3.56. The number of hydrogen-bond acceptors (Lipinski definition) is 6. The van der Waals surface area contributed by atoms with E-state index in [0.29, 0.717) is 24.2 Å². The summed E-state index contributed by atoms with van der Waals surface area (Å²) >= 11 is 0. The van der Waals surface area contributed by atoms with Gasteiger partial charge in [-0.25, -0.2) is 4.98 Å². The number of pyridine rings is 1. The zero-order chi connectivity index (χ0) is 23.2. The number of aryl methyl sites for hydroxylation is 1. The summed E-state index contributed by atoms with van der Waals surface area (Å²) in [6.45, 7) is 2.40. The highest BCUT2D eigenvalue weighted by Gasteiger charge is 2.12. The summed E-state index contributed by atoms with van der Waals surface area (Å²) in [7, 11) is 0. The standard InChI is InChI=1S/C24H23N7O2/c1-16-12-30-23(27-8-6-17-2-4-18(11-25)5-3-17)24(33)31(16)15-22(32)29-13-20-10-19-7-9-26-21(19)14-28-20/h2-5,7,9-10,12,14,26H,6,8,13,15H2,1H3,(H,27,30)(H,29,32). The topological polar surface area (TPSA) is 128 Å². The summed E-state index contributed by atoms with van der Waals surface area (Å²) < 4.78 is 1.40. The predicted molar refractivity (Wildman–Crippen MR) is 125 cm³/mol. The van der Waals surface area contributed by atoms with Gasteiger partial charge in [-0.05, 0) is 43.2 Å². The molecule has 3 heterocycles. The molecule has 0 atom stereocenters. The average Bonchev–Trinajstić information content (AvgIpc) is 3.30. The van der Waals surface area contributed by atoms with Crippen LogP contribution in [-0.4, -0.2) is 32.0 Å². The Morgan fingerprint density at radius 3 is 2.79 bits per heavy atom. The van der Waals surface area contributed by atoms with Gasteiger partial charge in [-0.15, -0.1) is 0 Å². The molecule has 0 saturated carbocycles. The molecule has 3 N–H and O–H groups in total. The van der Waals surface area contributed by atoms with Crippen molar-refractivity contribution in [3.63, 3.8) is 0 Å². The van der Waals surface area contributed by atoms with Crippen molar-refractivity contribution in [1.29, 1.82) is 5.26 Å². The highest BCUT2D eigenvalue weighted by atomic mass is 16.2. The molecule has 9 heteroatoms. The number of fused-ring (bicyclic) bond motifs is 1. The molecule has 0 aliphatic rings. The van der Waals surface area contributed by atoms with Gasteiger partial charge < -0.3 is 15.6 Å². The first-order chi connectivity index (χ1) is 16.0. The zero-order valence-electron chi connectivity index (χ0n) is 18.1. The quantitative estimate of drug-likeness (QED) is 0.385. The van der Waals surface area contributed by atoms with Crippen LogP contribution in [0.2, 0.25) is 0 Å². The minimum atomic E-state index is -0.350. The van der Waals surface area contributed by atoms with Crippen LogP contribution in [0, 0.1) is 18.3 Å². The number of H-pyrrole nitrogens is 1. The molecular formula is C24H23N7O2. The third-order valence-electron chi connectivity index (χ3n) is 5.31. The van der Waals surface area contributed by atoms with Gasteiger partial charge in [0.1, 0.15) is 6.54 Å². The maximum absolute atomic E-state index is 12.8. The lowest BCUT2D eigenvalue weighted by molar-refractivity contribution is -0.121. The molecule has 0 aliphatic heterocycles. The third-order valence-corrected chi connectivity index (χ3v) is 5.31. The number of rotatable bonds is 8. The molecule has 0 radical (unpaired) electrons. The van der Waals surface area contributed by atoms with Crippen molar-refractivity contribution in [3.05, 3.63) is 87.9 Å². The lowest BCUT2D eigenvalue weighted by Crippen LogP contribution is -2.34. The van der Waals surface area contributed by atoms with E-state index in [9.17, 15) is 9.59 Å². The zero-order valence-corrected chi connectivity index (χ0v) is 18.1. The number of aromatic nitrogens is 4. The number of carbonyl (C=O) groups is 1. The molecular weight excluding hydrogens is 418 g/mol. The molecule has 0 unspecified atom stereocenters. The van der Waals surface area contributed by atoms with Crippen LogP contribution in [0.3, 0.4) is 0 Å². The third kappa shape index (κ3) is 5.25. The summed E-state index contributed by atoms with van der Waals surface area (Å²) in [6, 6.07) is 13.2. The molecule has 9 nitrogen and oxygen atoms in total. The van der Waals surface area contributed by atoms with Crippen molar-refractivity contribution in [2.24, 2.45) is 0 Å². The molecule has 0 bridgehead atoms. The van der Waals surface area contributed by atoms with Crippen LogP contribution in [0.5, 0.6) is 0 Å². The summed E-state index contributed by atoms with van der Waals surface area (Å²) in [4.78, 5) is 36.9. The first kappa shape index (κ1) is 21.8. The second kappa shape index (κ2) is 9.78. The van der Waals surface area contributed by atoms with Crippen LogP contribution in [0.25, 0.3) is 10.9 Å². The van der Waals surface area contributed by atoms with E-state index in [2.05, 4.69) is 31.7 Å².